The lowest BCUT2D eigenvalue weighted by Gasteiger charge is -2.05. The second kappa shape index (κ2) is 4.02. The molecule has 1 heterocycles. The van der Waals surface area contributed by atoms with Gasteiger partial charge in [0.05, 0.1) is 5.56 Å². The van der Waals surface area contributed by atoms with Crippen molar-refractivity contribution in [1.82, 2.24) is 4.57 Å². The SMILES string of the molecule is O=Cc1cccn(-c2ccc(O)cc2)c1=O. The lowest BCUT2D eigenvalue weighted by molar-refractivity contribution is 0.112. The fourth-order valence-electron chi connectivity index (χ4n) is 1.42. The normalized spacial score (nSPS) is 10.0. The summed E-state index contributed by atoms with van der Waals surface area (Å²) in [6, 6.07) is 9.26. The van der Waals surface area contributed by atoms with Crippen LogP contribution in [0.4, 0.5) is 0 Å². The summed E-state index contributed by atoms with van der Waals surface area (Å²) in [5, 5.41) is 9.13. The van der Waals surface area contributed by atoms with Crippen LogP contribution in [0.3, 0.4) is 0 Å². The molecule has 0 spiro atoms. The Bertz CT molecular complexity index is 570. The van der Waals surface area contributed by atoms with Crippen molar-refractivity contribution in [3.8, 4) is 11.4 Å². The van der Waals surface area contributed by atoms with Gasteiger partial charge >= 0.3 is 0 Å². The van der Waals surface area contributed by atoms with E-state index in [0.717, 1.165) is 0 Å². The molecule has 2 rings (SSSR count). The topological polar surface area (TPSA) is 59.3 Å². The molecule has 1 aromatic carbocycles. The van der Waals surface area contributed by atoms with Crippen LogP contribution in [0.5, 0.6) is 5.75 Å². The van der Waals surface area contributed by atoms with E-state index in [0.29, 0.717) is 12.0 Å². The van der Waals surface area contributed by atoms with Crippen LogP contribution in [0.1, 0.15) is 10.4 Å². The highest BCUT2D eigenvalue weighted by molar-refractivity contribution is 5.74. The van der Waals surface area contributed by atoms with Gasteiger partial charge in [-0.05, 0) is 36.4 Å². The van der Waals surface area contributed by atoms with Gasteiger partial charge in [0.25, 0.3) is 5.56 Å². The molecule has 0 amide bonds. The van der Waals surface area contributed by atoms with Crippen molar-refractivity contribution in [3.05, 3.63) is 58.5 Å². The van der Waals surface area contributed by atoms with Crippen LogP contribution in [0.2, 0.25) is 0 Å². The summed E-state index contributed by atoms with van der Waals surface area (Å²) in [4.78, 5) is 22.4. The van der Waals surface area contributed by atoms with Crippen molar-refractivity contribution in [1.29, 1.82) is 0 Å². The molecule has 0 aliphatic carbocycles. The smallest absolute Gasteiger partial charge is 0.265 e. The molecule has 0 fully saturated rings. The summed E-state index contributed by atoms with van der Waals surface area (Å²) in [5.41, 5.74) is 0.338. The molecule has 0 aliphatic heterocycles. The summed E-state index contributed by atoms with van der Waals surface area (Å²) >= 11 is 0. The highest BCUT2D eigenvalue weighted by atomic mass is 16.3. The summed E-state index contributed by atoms with van der Waals surface area (Å²) in [5.74, 6) is 0.128. The Balaban J connectivity index is 2.60. The van der Waals surface area contributed by atoms with Crippen LogP contribution in [-0.4, -0.2) is 16.0 Å². The molecular weight excluding hydrogens is 206 g/mol. The second-order valence-electron chi connectivity index (χ2n) is 3.27. The number of phenols is 1. The molecule has 4 heteroatoms. The molecule has 1 aromatic heterocycles. The first-order valence-corrected chi connectivity index (χ1v) is 4.68. The Morgan fingerprint density at radius 3 is 2.44 bits per heavy atom. The highest BCUT2D eigenvalue weighted by Crippen LogP contribution is 2.12. The molecule has 0 atom stereocenters. The van der Waals surface area contributed by atoms with Crippen molar-refractivity contribution in [2.75, 3.05) is 0 Å². The van der Waals surface area contributed by atoms with Gasteiger partial charge in [-0.3, -0.25) is 14.2 Å². The zero-order valence-electron chi connectivity index (χ0n) is 8.33. The third-order valence-corrected chi connectivity index (χ3v) is 2.23. The van der Waals surface area contributed by atoms with E-state index in [2.05, 4.69) is 0 Å². The van der Waals surface area contributed by atoms with Gasteiger partial charge in [-0.1, -0.05) is 0 Å². The monoisotopic (exact) mass is 215 g/mol. The Morgan fingerprint density at radius 2 is 1.81 bits per heavy atom. The standard InChI is InChI=1S/C12H9NO3/c14-8-9-2-1-7-13(12(9)16)10-3-5-11(15)6-4-10/h1-8,15H. The van der Waals surface area contributed by atoms with E-state index < -0.39 is 0 Å². The maximum atomic E-state index is 11.8. The van der Waals surface area contributed by atoms with Crippen LogP contribution in [0.15, 0.2) is 47.4 Å². The number of hydrogen-bond acceptors (Lipinski definition) is 3. The number of phenolic OH excluding ortho intramolecular Hbond substituents is 1. The molecule has 80 valence electrons. The maximum absolute atomic E-state index is 11.8. The number of rotatable bonds is 2. The number of aldehydes is 1. The van der Waals surface area contributed by atoms with Gasteiger partial charge in [0.2, 0.25) is 0 Å². The molecule has 0 bridgehead atoms. The number of hydrogen-bond donors (Lipinski definition) is 1. The van der Waals surface area contributed by atoms with Crippen molar-refractivity contribution < 1.29 is 9.90 Å². The molecule has 0 saturated carbocycles. The Labute approximate surface area is 91.4 Å². The molecule has 0 saturated heterocycles. The van der Waals surface area contributed by atoms with E-state index in [4.69, 9.17) is 5.11 Å². The lowest BCUT2D eigenvalue weighted by atomic mass is 10.2. The van der Waals surface area contributed by atoms with Gasteiger partial charge < -0.3 is 5.11 Å². The molecule has 1 N–H and O–H groups in total. The summed E-state index contributed by atoms with van der Waals surface area (Å²) in [6.07, 6.45) is 2.10. The Kier molecular flexibility index (Phi) is 2.55. The van der Waals surface area contributed by atoms with Gasteiger partial charge in [0.1, 0.15) is 5.75 Å². The van der Waals surface area contributed by atoms with Gasteiger partial charge in [-0.25, -0.2) is 0 Å². The number of nitrogens with zero attached hydrogens (tertiary/aromatic N) is 1. The number of aromatic hydroxyl groups is 1. The zero-order valence-corrected chi connectivity index (χ0v) is 8.33. The quantitative estimate of drug-likeness (QED) is 0.769. The van der Waals surface area contributed by atoms with E-state index in [1.165, 1.54) is 22.8 Å². The maximum Gasteiger partial charge on any atom is 0.265 e. The van der Waals surface area contributed by atoms with Crippen molar-refractivity contribution in [2.45, 2.75) is 0 Å². The molecule has 0 radical (unpaired) electrons. The molecule has 0 unspecified atom stereocenters. The molecule has 4 nitrogen and oxygen atoms in total. The average molecular weight is 215 g/mol. The van der Waals surface area contributed by atoms with Crippen LogP contribution in [0, 0.1) is 0 Å². The minimum atomic E-state index is -0.372. The van der Waals surface area contributed by atoms with Crippen LogP contribution in [-0.2, 0) is 0 Å². The predicted octanol–water partition coefficient (Wildman–Crippen LogP) is 1.36. The Morgan fingerprint density at radius 1 is 1.12 bits per heavy atom. The van der Waals surface area contributed by atoms with E-state index >= 15 is 0 Å². The van der Waals surface area contributed by atoms with Gasteiger partial charge in [0.15, 0.2) is 6.29 Å². The van der Waals surface area contributed by atoms with E-state index in [1.54, 1.807) is 24.4 Å². The third-order valence-electron chi connectivity index (χ3n) is 2.23. The second-order valence-corrected chi connectivity index (χ2v) is 3.27. The van der Waals surface area contributed by atoms with E-state index in [-0.39, 0.29) is 16.9 Å². The van der Waals surface area contributed by atoms with Crippen LogP contribution < -0.4 is 5.56 Å². The lowest BCUT2D eigenvalue weighted by Crippen LogP contribution is -2.20. The first-order valence-electron chi connectivity index (χ1n) is 4.68. The van der Waals surface area contributed by atoms with Gasteiger partial charge in [-0.2, -0.15) is 0 Å². The van der Waals surface area contributed by atoms with E-state index in [1.807, 2.05) is 0 Å². The number of carbonyl (C=O) groups excluding carboxylic acids is 1. The number of benzene rings is 1. The third kappa shape index (κ3) is 1.72. The fourth-order valence-corrected chi connectivity index (χ4v) is 1.42. The largest absolute Gasteiger partial charge is 0.508 e. The van der Waals surface area contributed by atoms with Crippen LogP contribution in [0.25, 0.3) is 5.69 Å². The van der Waals surface area contributed by atoms with Crippen molar-refractivity contribution >= 4 is 6.29 Å². The van der Waals surface area contributed by atoms with Crippen LogP contribution >= 0.6 is 0 Å². The molecule has 16 heavy (non-hydrogen) atoms. The van der Waals surface area contributed by atoms with Crippen molar-refractivity contribution in [3.63, 3.8) is 0 Å². The van der Waals surface area contributed by atoms with Crippen molar-refractivity contribution in [2.24, 2.45) is 0 Å². The molecular formula is C12H9NO3. The molecule has 0 aliphatic rings. The number of carbonyl (C=O) groups is 1. The zero-order chi connectivity index (χ0) is 11.5. The average Bonchev–Trinajstić information content (AvgIpc) is 2.31. The summed E-state index contributed by atoms with van der Waals surface area (Å²) < 4.78 is 1.35. The van der Waals surface area contributed by atoms with E-state index in [9.17, 15) is 9.59 Å². The first-order chi connectivity index (χ1) is 7.72. The Hall–Kier alpha value is -2.36. The van der Waals surface area contributed by atoms with Gasteiger partial charge in [0, 0.05) is 11.9 Å². The first kappa shape index (κ1) is 10.2. The summed E-state index contributed by atoms with van der Waals surface area (Å²) in [7, 11) is 0. The highest BCUT2D eigenvalue weighted by Gasteiger charge is 2.03. The summed E-state index contributed by atoms with van der Waals surface area (Å²) in [6.45, 7) is 0. The number of pyridine rings is 1. The predicted molar refractivity (Wildman–Crippen MR) is 59.1 cm³/mol. The van der Waals surface area contributed by atoms with Gasteiger partial charge in [-0.15, -0.1) is 0 Å². The minimum Gasteiger partial charge on any atom is -0.508 e. The fraction of sp³-hybridized carbons (Fsp3) is 0. The number of aromatic nitrogens is 1. The molecule has 2 aromatic rings. The minimum absolute atomic E-state index is 0.107.